The molecule has 0 spiro atoms. The average Bonchev–Trinajstić information content (AvgIpc) is 3.19. The second-order valence-electron chi connectivity index (χ2n) is 8.27. The van der Waals surface area contributed by atoms with Gasteiger partial charge in [0.05, 0.1) is 10.7 Å². The van der Waals surface area contributed by atoms with E-state index in [2.05, 4.69) is 22.8 Å². The van der Waals surface area contributed by atoms with Crippen LogP contribution in [0.5, 0.6) is 0 Å². The van der Waals surface area contributed by atoms with Gasteiger partial charge in [-0.15, -0.1) is 0 Å². The molecule has 1 aliphatic heterocycles. The number of carbonyl (C=O) groups excluding carboxylic acids is 2. The predicted octanol–water partition coefficient (Wildman–Crippen LogP) is 0.189. The fraction of sp³-hybridized carbons (Fsp3) is 0.391. The number of quaternary nitrogens is 2. The van der Waals surface area contributed by atoms with Crippen molar-refractivity contribution < 1.29 is 19.4 Å². The number of fused-ring (bicyclic) bond motifs is 1. The van der Waals surface area contributed by atoms with Gasteiger partial charge in [-0.1, -0.05) is 29.8 Å². The van der Waals surface area contributed by atoms with E-state index < -0.39 is 0 Å². The fourth-order valence-electron chi connectivity index (χ4n) is 4.38. The van der Waals surface area contributed by atoms with Crippen LogP contribution in [0.1, 0.15) is 17.5 Å². The summed E-state index contributed by atoms with van der Waals surface area (Å²) in [4.78, 5) is 27.3. The van der Waals surface area contributed by atoms with E-state index in [9.17, 15) is 9.59 Å². The standard InChI is InChI=1S/C23H27ClN4O2/c24-20-6-1-2-7-21(20)26-23(30)16-28-12-10-27(11-13-28)15-22(29)25-19-9-8-17-4-3-5-18(17)14-19/h1-2,6-9,14H,3-5,10-13,15-16H2,(H,25,29)(H,26,30)/p+2. The molecule has 1 aliphatic carbocycles. The topological polar surface area (TPSA) is 67.1 Å². The maximum atomic E-state index is 12.5. The highest BCUT2D eigenvalue weighted by Crippen LogP contribution is 2.24. The van der Waals surface area contributed by atoms with Crippen LogP contribution in [0.15, 0.2) is 42.5 Å². The Morgan fingerprint density at radius 3 is 2.17 bits per heavy atom. The maximum Gasteiger partial charge on any atom is 0.279 e. The highest BCUT2D eigenvalue weighted by Gasteiger charge is 2.26. The van der Waals surface area contributed by atoms with E-state index in [0.717, 1.165) is 44.7 Å². The largest absolute Gasteiger partial charge is 0.321 e. The van der Waals surface area contributed by atoms with Crippen molar-refractivity contribution in [2.24, 2.45) is 0 Å². The Morgan fingerprint density at radius 1 is 0.833 bits per heavy atom. The number of hydrogen-bond acceptors (Lipinski definition) is 2. The van der Waals surface area contributed by atoms with Crippen molar-refractivity contribution in [3.05, 3.63) is 58.6 Å². The Bertz CT molecular complexity index is 925. The summed E-state index contributed by atoms with van der Waals surface area (Å²) >= 11 is 6.10. The molecule has 2 aliphatic rings. The van der Waals surface area contributed by atoms with Gasteiger partial charge in [-0.05, 0) is 54.7 Å². The van der Waals surface area contributed by atoms with Gasteiger partial charge in [0.1, 0.15) is 26.2 Å². The molecule has 4 rings (SSSR count). The maximum absolute atomic E-state index is 12.5. The van der Waals surface area contributed by atoms with Gasteiger partial charge < -0.3 is 20.4 Å². The molecular formula is C23H29ClN4O2+2. The molecule has 7 heteroatoms. The molecular weight excluding hydrogens is 400 g/mol. The molecule has 1 heterocycles. The van der Waals surface area contributed by atoms with Gasteiger partial charge in [0.25, 0.3) is 11.8 Å². The van der Waals surface area contributed by atoms with Crippen LogP contribution in [0.2, 0.25) is 5.02 Å². The van der Waals surface area contributed by atoms with Crippen molar-refractivity contribution in [3.8, 4) is 0 Å². The van der Waals surface area contributed by atoms with Gasteiger partial charge in [0, 0.05) is 5.69 Å². The molecule has 0 saturated carbocycles. The minimum Gasteiger partial charge on any atom is -0.321 e. The quantitative estimate of drug-likeness (QED) is 0.530. The summed E-state index contributed by atoms with van der Waals surface area (Å²) in [5.41, 5.74) is 4.33. The van der Waals surface area contributed by atoms with Crippen LogP contribution in [0.25, 0.3) is 0 Å². The molecule has 0 atom stereocenters. The summed E-state index contributed by atoms with van der Waals surface area (Å²) in [5.74, 6) is 0.0266. The number of carbonyl (C=O) groups is 2. The Balaban J connectivity index is 1.19. The molecule has 0 radical (unpaired) electrons. The molecule has 0 aromatic heterocycles. The lowest BCUT2D eigenvalue weighted by atomic mass is 10.1. The van der Waals surface area contributed by atoms with Crippen LogP contribution in [0, 0.1) is 0 Å². The Kier molecular flexibility index (Phi) is 6.67. The zero-order valence-corrected chi connectivity index (χ0v) is 17.9. The third-order valence-electron chi connectivity index (χ3n) is 6.02. The number of amides is 2. The highest BCUT2D eigenvalue weighted by atomic mass is 35.5. The highest BCUT2D eigenvalue weighted by molar-refractivity contribution is 6.33. The smallest absolute Gasteiger partial charge is 0.279 e. The summed E-state index contributed by atoms with van der Waals surface area (Å²) in [6, 6.07) is 13.5. The van der Waals surface area contributed by atoms with Crippen LogP contribution in [-0.4, -0.2) is 51.1 Å². The first kappa shape index (κ1) is 20.8. The van der Waals surface area contributed by atoms with Crippen LogP contribution >= 0.6 is 11.6 Å². The van der Waals surface area contributed by atoms with E-state index in [0.29, 0.717) is 23.8 Å². The van der Waals surface area contributed by atoms with Crippen molar-refractivity contribution in [1.29, 1.82) is 0 Å². The van der Waals surface area contributed by atoms with E-state index in [1.165, 1.54) is 27.3 Å². The number of anilines is 2. The van der Waals surface area contributed by atoms with Gasteiger partial charge in [-0.3, -0.25) is 9.59 Å². The number of aryl methyl sites for hydroxylation is 2. The first-order valence-corrected chi connectivity index (χ1v) is 11.1. The number of para-hydroxylation sites is 1. The molecule has 1 saturated heterocycles. The Labute approximate surface area is 182 Å². The first-order chi connectivity index (χ1) is 14.6. The first-order valence-electron chi connectivity index (χ1n) is 10.7. The second kappa shape index (κ2) is 9.60. The predicted molar refractivity (Wildman–Crippen MR) is 118 cm³/mol. The van der Waals surface area contributed by atoms with Gasteiger partial charge in [0.15, 0.2) is 13.1 Å². The molecule has 1 fully saturated rings. The number of hydrogen-bond donors (Lipinski definition) is 4. The molecule has 6 nitrogen and oxygen atoms in total. The molecule has 158 valence electrons. The number of nitrogens with one attached hydrogen (secondary N) is 4. The van der Waals surface area contributed by atoms with Crippen LogP contribution in [0.3, 0.4) is 0 Å². The van der Waals surface area contributed by atoms with Crippen molar-refractivity contribution >= 4 is 34.8 Å². The van der Waals surface area contributed by atoms with Gasteiger partial charge in [-0.25, -0.2) is 0 Å². The summed E-state index contributed by atoms with van der Waals surface area (Å²) < 4.78 is 0. The molecule has 0 unspecified atom stereocenters. The van der Waals surface area contributed by atoms with Crippen LogP contribution in [0.4, 0.5) is 11.4 Å². The van der Waals surface area contributed by atoms with Gasteiger partial charge >= 0.3 is 0 Å². The fourth-order valence-corrected chi connectivity index (χ4v) is 4.56. The van der Waals surface area contributed by atoms with E-state index >= 15 is 0 Å². The van der Waals surface area contributed by atoms with Crippen molar-refractivity contribution in [1.82, 2.24) is 0 Å². The monoisotopic (exact) mass is 428 g/mol. The normalized spacial score (nSPS) is 20.4. The summed E-state index contributed by atoms with van der Waals surface area (Å²) in [6.07, 6.45) is 3.47. The van der Waals surface area contributed by atoms with Gasteiger partial charge in [-0.2, -0.15) is 0 Å². The molecule has 2 aromatic rings. The number of halogens is 1. The number of rotatable bonds is 6. The third kappa shape index (κ3) is 5.39. The van der Waals surface area contributed by atoms with Crippen LogP contribution < -0.4 is 20.4 Å². The van der Waals surface area contributed by atoms with Crippen LogP contribution in [-0.2, 0) is 22.4 Å². The van der Waals surface area contributed by atoms with Crippen molar-refractivity contribution in [2.45, 2.75) is 19.3 Å². The summed E-state index contributed by atoms with van der Waals surface area (Å²) in [5, 5.41) is 6.48. The molecule has 30 heavy (non-hydrogen) atoms. The molecule has 4 N–H and O–H groups in total. The lowest BCUT2D eigenvalue weighted by molar-refractivity contribution is -1.00. The Hall–Kier alpha value is -2.41. The van der Waals surface area contributed by atoms with E-state index in [1.54, 1.807) is 12.1 Å². The zero-order valence-electron chi connectivity index (χ0n) is 17.1. The van der Waals surface area contributed by atoms with Crippen molar-refractivity contribution in [3.63, 3.8) is 0 Å². The molecule has 2 aromatic carbocycles. The molecule has 0 bridgehead atoms. The molecule has 2 amide bonds. The minimum atomic E-state index is -0.0316. The SMILES string of the molecule is O=C(C[NH+]1CC[NH+](CC(=O)Nc2ccccc2Cl)CC1)Nc1ccc2c(c1)CCC2. The number of benzene rings is 2. The average molecular weight is 429 g/mol. The minimum absolute atomic E-state index is 0.0316. The third-order valence-corrected chi connectivity index (χ3v) is 6.35. The van der Waals surface area contributed by atoms with Gasteiger partial charge in [0.2, 0.25) is 0 Å². The zero-order chi connectivity index (χ0) is 20.9. The second-order valence-corrected chi connectivity index (χ2v) is 8.67. The summed E-state index contributed by atoms with van der Waals surface area (Å²) in [7, 11) is 0. The van der Waals surface area contributed by atoms with E-state index in [4.69, 9.17) is 11.6 Å². The Morgan fingerprint density at radius 2 is 1.47 bits per heavy atom. The lowest BCUT2D eigenvalue weighted by Crippen LogP contribution is -3.28. The van der Waals surface area contributed by atoms with E-state index in [-0.39, 0.29) is 11.8 Å². The van der Waals surface area contributed by atoms with E-state index in [1.807, 2.05) is 18.2 Å². The summed E-state index contributed by atoms with van der Waals surface area (Å²) in [6.45, 7) is 4.39. The lowest BCUT2D eigenvalue weighted by Gasteiger charge is -2.29. The number of piperazine rings is 1. The van der Waals surface area contributed by atoms with Crippen molar-refractivity contribution in [2.75, 3.05) is 49.9 Å².